The molecule has 6 heteroatoms. The van der Waals surface area contributed by atoms with Crippen LogP contribution in [0.3, 0.4) is 0 Å². The highest BCUT2D eigenvalue weighted by Gasteiger charge is 2.39. The molecule has 0 aromatic heterocycles. The smallest absolute Gasteiger partial charge is 0.338 e. The number of rotatable bonds is 3. The maximum atomic E-state index is 12.1. The van der Waals surface area contributed by atoms with Gasteiger partial charge >= 0.3 is 5.97 Å². The molecule has 0 aliphatic carbocycles. The summed E-state index contributed by atoms with van der Waals surface area (Å²) in [6.45, 7) is 3.19. The number of fused-ring (bicyclic) bond motifs is 3. The fourth-order valence-electron chi connectivity index (χ4n) is 3.17. The van der Waals surface area contributed by atoms with Crippen LogP contribution in [0.25, 0.3) is 0 Å². The Kier molecular flexibility index (Phi) is 3.40. The molecule has 6 nitrogen and oxygen atoms in total. The number of carbonyl (C=O) groups is 1. The first-order chi connectivity index (χ1) is 9.63. The minimum atomic E-state index is -0.505. The third-order valence-corrected chi connectivity index (χ3v) is 4.30. The second-order valence-corrected chi connectivity index (χ2v) is 5.54. The number of hydrogen-bond acceptors (Lipinski definition) is 4. The quantitative estimate of drug-likeness (QED) is 0.494. The summed E-state index contributed by atoms with van der Waals surface area (Å²) in [4.78, 5) is 23.8. The Labute approximate surface area is 116 Å². The summed E-state index contributed by atoms with van der Waals surface area (Å²) >= 11 is 0. The molecule has 106 valence electrons. The van der Waals surface area contributed by atoms with Gasteiger partial charge in [0.1, 0.15) is 6.54 Å². The molecule has 0 spiro atoms. The van der Waals surface area contributed by atoms with E-state index in [0.717, 1.165) is 32.5 Å². The normalized spacial score (nSPS) is 28.1. The van der Waals surface area contributed by atoms with E-state index >= 15 is 0 Å². The van der Waals surface area contributed by atoms with E-state index < -0.39 is 10.9 Å². The maximum absolute atomic E-state index is 12.1. The molecule has 3 fully saturated rings. The van der Waals surface area contributed by atoms with Crippen LogP contribution < -0.4 is 4.90 Å². The first-order valence-corrected chi connectivity index (χ1v) is 6.92. The van der Waals surface area contributed by atoms with Gasteiger partial charge in [0.2, 0.25) is 0 Å². The van der Waals surface area contributed by atoms with Gasteiger partial charge in [-0.15, -0.1) is 0 Å². The number of non-ortho nitro benzene ring substituents is 1. The average molecular weight is 277 g/mol. The van der Waals surface area contributed by atoms with Crippen LogP contribution in [0.2, 0.25) is 0 Å². The minimum absolute atomic E-state index is 0.0423. The molecule has 20 heavy (non-hydrogen) atoms. The van der Waals surface area contributed by atoms with E-state index in [1.54, 1.807) is 6.07 Å². The van der Waals surface area contributed by atoms with E-state index in [-0.39, 0.29) is 17.4 Å². The molecule has 1 N–H and O–H groups in total. The molecule has 1 atom stereocenters. The van der Waals surface area contributed by atoms with Crippen molar-refractivity contribution in [1.82, 2.24) is 0 Å². The Morgan fingerprint density at radius 3 is 2.70 bits per heavy atom. The monoisotopic (exact) mass is 277 g/mol. The molecule has 1 aromatic rings. The molecule has 3 aliphatic rings. The Morgan fingerprint density at radius 2 is 2.10 bits per heavy atom. The van der Waals surface area contributed by atoms with Crippen molar-refractivity contribution in [2.75, 3.05) is 19.6 Å². The van der Waals surface area contributed by atoms with Crippen LogP contribution in [0.15, 0.2) is 24.3 Å². The Balaban J connectivity index is 1.70. The average Bonchev–Trinajstić information content (AvgIpc) is 2.48. The number of quaternary nitrogens is 1. The SMILES string of the molecule is O=C(O[C@@H]1C[NH+]2CCC1CC2)c1cccc([N+](=O)[O-])c1. The number of nitrogens with zero attached hydrogens (tertiary/aromatic N) is 1. The number of piperidine rings is 3. The number of carbonyl (C=O) groups excluding carboxylic acids is 1. The van der Waals surface area contributed by atoms with Crippen LogP contribution in [0.5, 0.6) is 0 Å². The van der Waals surface area contributed by atoms with Crippen molar-refractivity contribution in [3.63, 3.8) is 0 Å². The number of benzene rings is 1. The van der Waals surface area contributed by atoms with E-state index in [1.165, 1.54) is 23.1 Å². The molecule has 0 saturated carbocycles. The van der Waals surface area contributed by atoms with Crippen molar-refractivity contribution in [3.8, 4) is 0 Å². The van der Waals surface area contributed by atoms with E-state index in [2.05, 4.69) is 0 Å². The number of esters is 1. The largest absolute Gasteiger partial charge is 0.452 e. The first-order valence-electron chi connectivity index (χ1n) is 6.92. The van der Waals surface area contributed by atoms with Crippen molar-refractivity contribution in [2.45, 2.75) is 18.9 Å². The Morgan fingerprint density at radius 1 is 1.35 bits per heavy atom. The third kappa shape index (κ3) is 2.51. The summed E-state index contributed by atoms with van der Waals surface area (Å²) in [5, 5.41) is 10.7. The zero-order valence-electron chi connectivity index (χ0n) is 11.1. The summed E-state index contributed by atoms with van der Waals surface area (Å²) in [5.41, 5.74) is 0.171. The Bertz CT molecular complexity index is 538. The summed E-state index contributed by atoms with van der Waals surface area (Å²) in [6.07, 6.45) is 2.16. The van der Waals surface area contributed by atoms with E-state index in [1.807, 2.05) is 0 Å². The van der Waals surface area contributed by atoms with Crippen LogP contribution in [0.4, 0.5) is 5.69 Å². The molecule has 0 amide bonds. The predicted molar refractivity (Wildman–Crippen MR) is 70.6 cm³/mol. The van der Waals surface area contributed by atoms with Crippen LogP contribution in [0.1, 0.15) is 23.2 Å². The van der Waals surface area contributed by atoms with Gasteiger partial charge in [0, 0.05) is 30.9 Å². The number of hydrogen-bond donors (Lipinski definition) is 1. The highest BCUT2D eigenvalue weighted by molar-refractivity contribution is 5.90. The number of nitrogens with one attached hydrogen (secondary N) is 1. The highest BCUT2D eigenvalue weighted by atomic mass is 16.6. The standard InChI is InChI=1S/C14H16N2O4/c17-14(11-2-1-3-12(8-11)16(18)19)20-13-9-15-6-4-10(13)5-7-15/h1-3,8,10,13H,4-7,9H2/p+1/t13-/m1/s1. The van der Waals surface area contributed by atoms with Gasteiger partial charge in [-0.2, -0.15) is 0 Å². The fourth-order valence-corrected chi connectivity index (χ4v) is 3.17. The van der Waals surface area contributed by atoms with Crippen molar-refractivity contribution in [1.29, 1.82) is 0 Å². The maximum Gasteiger partial charge on any atom is 0.338 e. The Hall–Kier alpha value is -1.95. The first kappa shape index (κ1) is 13.1. The van der Waals surface area contributed by atoms with E-state index in [4.69, 9.17) is 4.74 Å². The van der Waals surface area contributed by atoms with E-state index in [9.17, 15) is 14.9 Å². The van der Waals surface area contributed by atoms with Crippen molar-refractivity contribution >= 4 is 11.7 Å². The van der Waals surface area contributed by atoms with E-state index in [0.29, 0.717) is 5.92 Å². The topological polar surface area (TPSA) is 73.9 Å². The van der Waals surface area contributed by atoms with Gasteiger partial charge in [0.05, 0.1) is 23.6 Å². The molecule has 3 saturated heterocycles. The molecule has 0 unspecified atom stereocenters. The highest BCUT2D eigenvalue weighted by Crippen LogP contribution is 2.22. The lowest BCUT2D eigenvalue weighted by atomic mass is 9.86. The zero-order chi connectivity index (χ0) is 14.1. The van der Waals surface area contributed by atoms with Crippen molar-refractivity contribution < 1.29 is 19.4 Å². The molecule has 0 radical (unpaired) electrons. The van der Waals surface area contributed by atoms with Crippen molar-refractivity contribution in [2.24, 2.45) is 5.92 Å². The van der Waals surface area contributed by atoms with Gasteiger partial charge in [-0.1, -0.05) is 6.07 Å². The van der Waals surface area contributed by atoms with Crippen LogP contribution in [0, 0.1) is 16.0 Å². The lowest BCUT2D eigenvalue weighted by molar-refractivity contribution is -0.920. The van der Waals surface area contributed by atoms with Gasteiger partial charge in [-0.3, -0.25) is 10.1 Å². The molecular formula is C14H17N2O4+. The van der Waals surface area contributed by atoms with Crippen LogP contribution >= 0.6 is 0 Å². The van der Waals surface area contributed by atoms with Gasteiger partial charge in [0.25, 0.3) is 5.69 Å². The predicted octanol–water partition coefficient (Wildman–Crippen LogP) is 0.429. The van der Waals surface area contributed by atoms with Gasteiger partial charge in [-0.05, 0) is 6.07 Å². The van der Waals surface area contributed by atoms with Gasteiger partial charge in [-0.25, -0.2) is 4.79 Å². The van der Waals surface area contributed by atoms with Crippen LogP contribution in [-0.4, -0.2) is 36.6 Å². The summed E-state index contributed by atoms with van der Waals surface area (Å²) in [5.74, 6) is 0.00185. The summed E-state index contributed by atoms with van der Waals surface area (Å²) in [6, 6.07) is 5.71. The summed E-state index contributed by atoms with van der Waals surface area (Å²) in [7, 11) is 0. The molecule has 3 heterocycles. The number of nitro groups is 1. The molecule has 3 aliphatic heterocycles. The van der Waals surface area contributed by atoms with Crippen molar-refractivity contribution in [3.05, 3.63) is 39.9 Å². The number of ether oxygens (including phenoxy) is 1. The number of nitro benzene ring substituents is 1. The van der Waals surface area contributed by atoms with Gasteiger partial charge < -0.3 is 9.64 Å². The second kappa shape index (κ2) is 5.20. The zero-order valence-corrected chi connectivity index (χ0v) is 11.1. The molecule has 1 aromatic carbocycles. The third-order valence-electron chi connectivity index (χ3n) is 4.30. The summed E-state index contributed by atoms with van der Waals surface area (Å²) < 4.78 is 5.56. The lowest BCUT2D eigenvalue weighted by Crippen LogP contribution is -3.16. The molecule has 4 rings (SSSR count). The minimum Gasteiger partial charge on any atom is -0.452 e. The van der Waals surface area contributed by atoms with Crippen LogP contribution in [-0.2, 0) is 4.74 Å². The second-order valence-electron chi connectivity index (χ2n) is 5.54. The molecule has 2 bridgehead atoms. The van der Waals surface area contributed by atoms with Gasteiger partial charge in [0.15, 0.2) is 6.10 Å². The molecular weight excluding hydrogens is 260 g/mol. The fraction of sp³-hybridized carbons (Fsp3) is 0.500. The lowest BCUT2D eigenvalue weighted by Gasteiger charge is -2.41.